The largest absolute Gasteiger partial charge is 0.481 e. The number of rotatable bonds is 8. The van der Waals surface area contributed by atoms with Gasteiger partial charge < -0.3 is 14.9 Å². The van der Waals surface area contributed by atoms with Crippen molar-refractivity contribution in [2.24, 2.45) is 11.8 Å². The van der Waals surface area contributed by atoms with Crippen LogP contribution in [0.4, 0.5) is 0 Å². The molecule has 5 nitrogen and oxygen atoms in total. The maximum absolute atomic E-state index is 10.6. The third-order valence-electron chi connectivity index (χ3n) is 2.32. The van der Waals surface area contributed by atoms with Crippen molar-refractivity contribution in [3.8, 4) is 0 Å². The number of hydrogen-bond donors (Lipinski definition) is 2. The molecule has 0 aliphatic rings. The van der Waals surface area contributed by atoms with Crippen molar-refractivity contribution in [1.82, 2.24) is 0 Å². The van der Waals surface area contributed by atoms with Gasteiger partial charge in [-0.3, -0.25) is 9.59 Å². The lowest BCUT2D eigenvalue weighted by Crippen LogP contribution is -2.24. The fourth-order valence-corrected chi connectivity index (χ4v) is 1.08. The molecule has 0 bridgehead atoms. The minimum Gasteiger partial charge on any atom is -0.481 e. The van der Waals surface area contributed by atoms with Crippen LogP contribution in [-0.4, -0.2) is 35.4 Å². The highest BCUT2D eigenvalue weighted by atomic mass is 16.5. The summed E-state index contributed by atoms with van der Waals surface area (Å²) in [6, 6.07) is 0. The van der Waals surface area contributed by atoms with Crippen LogP contribution in [0.25, 0.3) is 0 Å². The first-order chi connectivity index (χ1) is 7.02. The van der Waals surface area contributed by atoms with E-state index in [0.717, 1.165) is 0 Å². The van der Waals surface area contributed by atoms with Crippen molar-refractivity contribution >= 4 is 11.9 Å². The third-order valence-corrected chi connectivity index (χ3v) is 2.32. The van der Waals surface area contributed by atoms with Gasteiger partial charge in [0, 0.05) is 0 Å². The summed E-state index contributed by atoms with van der Waals surface area (Å²) >= 11 is 0. The van der Waals surface area contributed by atoms with Gasteiger partial charge in [-0.05, 0) is 12.8 Å². The topological polar surface area (TPSA) is 83.8 Å². The summed E-state index contributed by atoms with van der Waals surface area (Å²) in [5.41, 5.74) is 0. The first kappa shape index (κ1) is 13.9. The van der Waals surface area contributed by atoms with E-state index in [-0.39, 0.29) is 13.2 Å². The number of ether oxygens (including phenoxy) is 1. The van der Waals surface area contributed by atoms with E-state index < -0.39 is 23.8 Å². The van der Waals surface area contributed by atoms with Gasteiger partial charge in [0.1, 0.15) is 0 Å². The lowest BCUT2D eigenvalue weighted by atomic mass is 10.1. The van der Waals surface area contributed by atoms with Crippen LogP contribution in [0.1, 0.15) is 26.7 Å². The molecule has 0 aromatic carbocycles. The molecule has 0 amide bonds. The van der Waals surface area contributed by atoms with Gasteiger partial charge in [-0.15, -0.1) is 0 Å². The summed E-state index contributed by atoms with van der Waals surface area (Å²) in [5, 5.41) is 17.4. The second-order valence-corrected chi connectivity index (χ2v) is 3.42. The summed E-state index contributed by atoms with van der Waals surface area (Å²) in [6.07, 6.45) is 0.971. The average molecular weight is 218 g/mol. The number of carbonyl (C=O) groups is 2. The molecular formula is C10H18O5. The molecule has 2 unspecified atom stereocenters. The van der Waals surface area contributed by atoms with Crippen molar-refractivity contribution in [3.05, 3.63) is 0 Å². The molecule has 0 spiro atoms. The number of hydrogen-bond acceptors (Lipinski definition) is 3. The molecule has 0 radical (unpaired) electrons. The highest BCUT2D eigenvalue weighted by Gasteiger charge is 2.18. The van der Waals surface area contributed by atoms with Crippen LogP contribution in [0, 0.1) is 11.8 Å². The van der Waals surface area contributed by atoms with E-state index >= 15 is 0 Å². The van der Waals surface area contributed by atoms with Crippen LogP contribution in [-0.2, 0) is 14.3 Å². The summed E-state index contributed by atoms with van der Waals surface area (Å²) in [4.78, 5) is 21.2. The van der Waals surface area contributed by atoms with E-state index in [2.05, 4.69) is 0 Å². The monoisotopic (exact) mass is 218 g/mol. The predicted molar refractivity (Wildman–Crippen MR) is 53.7 cm³/mol. The van der Waals surface area contributed by atoms with Crippen LogP contribution < -0.4 is 0 Å². The highest BCUT2D eigenvalue weighted by Crippen LogP contribution is 2.07. The van der Waals surface area contributed by atoms with Gasteiger partial charge in [-0.25, -0.2) is 0 Å². The van der Waals surface area contributed by atoms with Crippen LogP contribution in [0.15, 0.2) is 0 Å². The van der Waals surface area contributed by atoms with Crippen molar-refractivity contribution in [1.29, 1.82) is 0 Å². The first-order valence-electron chi connectivity index (χ1n) is 5.06. The molecule has 15 heavy (non-hydrogen) atoms. The number of aliphatic carboxylic acids is 2. The Morgan fingerprint density at radius 2 is 1.33 bits per heavy atom. The fourth-order valence-electron chi connectivity index (χ4n) is 1.08. The zero-order chi connectivity index (χ0) is 11.8. The maximum Gasteiger partial charge on any atom is 0.308 e. The number of carboxylic acid groups (broad SMARTS) is 2. The third kappa shape index (κ3) is 5.37. The van der Waals surface area contributed by atoms with E-state index in [1.807, 2.05) is 0 Å². The molecule has 0 aliphatic carbocycles. The standard InChI is InChI=1S/C10H18O5/c1-3-7(9(11)12)5-15-6-8(4-2)10(13)14/h7-8H,3-6H2,1-2H3,(H,11,12)(H,13,14). The lowest BCUT2D eigenvalue weighted by Gasteiger charge is -2.13. The molecule has 0 fully saturated rings. The Bertz CT molecular complexity index is 192. The van der Waals surface area contributed by atoms with Crippen molar-refractivity contribution in [2.45, 2.75) is 26.7 Å². The summed E-state index contributed by atoms with van der Waals surface area (Å²) < 4.78 is 5.10. The van der Waals surface area contributed by atoms with Crippen LogP contribution >= 0.6 is 0 Å². The summed E-state index contributed by atoms with van der Waals surface area (Å²) in [5.74, 6) is -2.89. The average Bonchev–Trinajstić information content (AvgIpc) is 2.17. The van der Waals surface area contributed by atoms with Crippen molar-refractivity contribution < 1.29 is 24.5 Å². The van der Waals surface area contributed by atoms with Crippen LogP contribution in [0.3, 0.4) is 0 Å². The Balaban J connectivity index is 3.85. The van der Waals surface area contributed by atoms with Crippen molar-refractivity contribution in [2.75, 3.05) is 13.2 Å². The van der Waals surface area contributed by atoms with Gasteiger partial charge in [0.2, 0.25) is 0 Å². The molecule has 0 heterocycles. The van der Waals surface area contributed by atoms with Gasteiger partial charge in [-0.2, -0.15) is 0 Å². The van der Waals surface area contributed by atoms with E-state index in [1.165, 1.54) is 0 Å². The molecule has 0 rings (SSSR count). The molecule has 88 valence electrons. The zero-order valence-electron chi connectivity index (χ0n) is 9.10. The van der Waals surface area contributed by atoms with E-state index in [1.54, 1.807) is 13.8 Å². The summed E-state index contributed by atoms with van der Waals surface area (Å²) in [7, 11) is 0. The Labute approximate surface area is 89.0 Å². The molecule has 5 heteroatoms. The molecule has 0 saturated heterocycles. The van der Waals surface area contributed by atoms with Crippen LogP contribution in [0.5, 0.6) is 0 Å². The Morgan fingerprint density at radius 3 is 1.53 bits per heavy atom. The smallest absolute Gasteiger partial charge is 0.308 e. The highest BCUT2D eigenvalue weighted by molar-refractivity contribution is 5.70. The lowest BCUT2D eigenvalue weighted by molar-refractivity contribution is -0.146. The minimum atomic E-state index is -0.902. The summed E-state index contributed by atoms with van der Waals surface area (Å²) in [6.45, 7) is 3.68. The van der Waals surface area contributed by atoms with E-state index in [0.29, 0.717) is 12.8 Å². The fraction of sp³-hybridized carbons (Fsp3) is 0.800. The van der Waals surface area contributed by atoms with Crippen molar-refractivity contribution in [3.63, 3.8) is 0 Å². The van der Waals surface area contributed by atoms with E-state index in [4.69, 9.17) is 14.9 Å². The second-order valence-electron chi connectivity index (χ2n) is 3.42. The normalized spacial score (nSPS) is 14.5. The van der Waals surface area contributed by atoms with Crippen LogP contribution in [0.2, 0.25) is 0 Å². The molecular weight excluding hydrogens is 200 g/mol. The van der Waals surface area contributed by atoms with Gasteiger partial charge >= 0.3 is 11.9 Å². The van der Waals surface area contributed by atoms with E-state index in [9.17, 15) is 9.59 Å². The van der Waals surface area contributed by atoms with Gasteiger partial charge in [-0.1, -0.05) is 13.8 Å². The first-order valence-corrected chi connectivity index (χ1v) is 5.06. The van der Waals surface area contributed by atoms with Gasteiger partial charge in [0.15, 0.2) is 0 Å². The quantitative estimate of drug-likeness (QED) is 0.640. The second kappa shape index (κ2) is 7.23. The molecule has 2 N–H and O–H groups in total. The zero-order valence-corrected chi connectivity index (χ0v) is 9.10. The minimum absolute atomic E-state index is 0.0790. The Hall–Kier alpha value is -1.10. The SMILES string of the molecule is CCC(COCC(CC)C(=O)O)C(=O)O. The Kier molecular flexibility index (Phi) is 6.70. The molecule has 0 saturated carbocycles. The van der Waals surface area contributed by atoms with Gasteiger partial charge in [0.05, 0.1) is 25.0 Å². The number of carboxylic acids is 2. The maximum atomic E-state index is 10.6. The predicted octanol–water partition coefficient (Wildman–Crippen LogP) is 1.22. The van der Waals surface area contributed by atoms with Gasteiger partial charge in [0.25, 0.3) is 0 Å². The molecule has 0 aromatic rings. The molecule has 0 aliphatic heterocycles. The molecule has 2 atom stereocenters. The molecule has 0 aromatic heterocycles. The Morgan fingerprint density at radius 1 is 1.00 bits per heavy atom.